The van der Waals surface area contributed by atoms with E-state index < -0.39 is 0 Å². The molecule has 21 heavy (non-hydrogen) atoms. The summed E-state index contributed by atoms with van der Waals surface area (Å²) in [5.41, 5.74) is 3.52. The van der Waals surface area contributed by atoms with Gasteiger partial charge in [0.25, 0.3) is 0 Å². The van der Waals surface area contributed by atoms with E-state index in [9.17, 15) is 4.79 Å². The molecule has 0 aliphatic heterocycles. The van der Waals surface area contributed by atoms with Crippen molar-refractivity contribution in [3.05, 3.63) is 41.5 Å². The maximum absolute atomic E-state index is 12.4. The quantitative estimate of drug-likeness (QED) is 0.874. The van der Waals surface area contributed by atoms with E-state index in [0.29, 0.717) is 11.8 Å². The number of benzene rings is 2. The minimum atomic E-state index is 0.276. The van der Waals surface area contributed by atoms with Gasteiger partial charge in [0.2, 0.25) is 0 Å². The standard InChI is InChI=1S/C19H23NO/c1-19(2,3)11-12-20-15-9-7-13-5-4-6-14-8-10-16(21)18(15)17(13)14/h4-7,9,20H,8,10-12H2,1-3H3. The van der Waals surface area contributed by atoms with Gasteiger partial charge in [-0.2, -0.15) is 0 Å². The zero-order valence-electron chi connectivity index (χ0n) is 13.1. The van der Waals surface area contributed by atoms with E-state index in [4.69, 9.17) is 0 Å². The molecule has 1 aliphatic rings. The van der Waals surface area contributed by atoms with Crippen LogP contribution in [0.15, 0.2) is 30.3 Å². The van der Waals surface area contributed by atoms with Crippen LogP contribution in [0.3, 0.4) is 0 Å². The van der Waals surface area contributed by atoms with Crippen molar-refractivity contribution in [1.29, 1.82) is 0 Å². The first-order chi connectivity index (χ1) is 9.96. The van der Waals surface area contributed by atoms with Crippen LogP contribution in [-0.2, 0) is 6.42 Å². The maximum Gasteiger partial charge on any atom is 0.165 e. The molecular weight excluding hydrogens is 258 g/mol. The molecule has 0 fully saturated rings. The second kappa shape index (κ2) is 5.18. The van der Waals surface area contributed by atoms with Crippen LogP contribution in [0.2, 0.25) is 0 Å². The SMILES string of the molecule is CC(C)(C)CCNc1ccc2cccc3c2c1C(=O)CC3. The van der Waals surface area contributed by atoms with Crippen LogP contribution < -0.4 is 5.32 Å². The highest BCUT2D eigenvalue weighted by Gasteiger charge is 2.22. The molecule has 1 N–H and O–H groups in total. The highest BCUT2D eigenvalue weighted by molar-refractivity contribution is 6.15. The van der Waals surface area contributed by atoms with E-state index in [1.807, 2.05) is 0 Å². The summed E-state index contributed by atoms with van der Waals surface area (Å²) in [6.07, 6.45) is 2.58. The summed E-state index contributed by atoms with van der Waals surface area (Å²) < 4.78 is 0. The van der Waals surface area contributed by atoms with Gasteiger partial charge < -0.3 is 5.32 Å². The van der Waals surface area contributed by atoms with Crippen molar-refractivity contribution in [2.75, 3.05) is 11.9 Å². The van der Waals surface area contributed by atoms with Gasteiger partial charge in [-0.05, 0) is 40.7 Å². The van der Waals surface area contributed by atoms with Gasteiger partial charge in [-0.25, -0.2) is 0 Å². The third-order valence-corrected chi connectivity index (χ3v) is 4.22. The number of anilines is 1. The van der Waals surface area contributed by atoms with Crippen molar-refractivity contribution in [2.24, 2.45) is 5.41 Å². The van der Waals surface area contributed by atoms with Gasteiger partial charge in [0, 0.05) is 24.2 Å². The summed E-state index contributed by atoms with van der Waals surface area (Å²) >= 11 is 0. The van der Waals surface area contributed by atoms with E-state index >= 15 is 0 Å². The van der Waals surface area contributed by atoms with Crippen molar-refractivity contribution in [3.8, 4) is 0 Å². The van der Waals surface area contributed by atoms with Crippen LogP contribution >= 0.6 is 0 Å². The normalized spacial score (nSPS) is 14.5. The number of carbonyl (C=O) groups excluding carboxylic acids is 1. The average molecular weight is 281 g/mol. The molecule has 1 aliphatic carbocycles. The van der Waals surface area contributed by atoms with Crippen LogP contribution in [0.4, 0.5) is 5.69 Å². The van der Waals surface area contributed by atoms with Crippen LogP contribution in [0, 0.1) is 5.41 Å². The third-order valence-electron chi connectivity index (χ3n) is 4.22. The van der Waals surface area contributed by atoms with Gasteiger partial charge in [-0.3, -0.25) is 4.79 Å². The molecule has 0 radical (unpaired) electrons. The highest BCUT2D eigenvalue weighted by atomic mass is 16.1. The Balaban J connectivity index is 1.99. The van der Waals surface area contributed by atoms with Crippen molar-refractivity contribution in [1.82, 2.24) is 0 Å². The monoisotopic (exact) mass is 281 g/mol. The first kappa shape index (κ1) is 14.1. The number of carbonyl (C=O) groups is 1. The van der Waals surface area contributed by atoms with Crippen molar-refractivity contribution >= 4 is 22.2 Å². The van der Waals surface area contributed by atoms with Gasteiger partial charge in [0.15, 0.2) is 5.78 Å². The smallest absolute Gasteiger partial charge is 0.165 e. The van der Waals surface area contributed by atoms with E-state index in [-0.39, 0.29) is 5.78 Å². The van der Waals surface area contributed by atoms with E-state index in [1.54, 1.807) is 0 Å². The molecule has 0 heterocycles. The molecule has 0 bridgehead atoms. The number of ketones is 1. The minimum Gasteiger partial charge on any atom is -0.384 e. The van der Waals surface area contributed by atoms with Gasteiger partial charge in [0.1, 0.15) is 0 Å². The topological polar surface area (TPSA) is 29.1 Å². The van der Waals surface area contributed by atoms with Crippen LogP contribution in [0.25, 0.3) is 10.8 Å². The Morgan fingerprint density at radius 3 is 2.67 bits per heavy atom. The summed E-state index contributed by atoms with van der Waals surface area (Å²) in [5.74, 6) is 0.276. The Morgan fingerprint density at radius 1 is 1.10 bits per heavy atom. The van der Waals surface area contributed by atoms with Crippen molar-refractivity contribution < 1.29 is 4.79 Å². The number of hydrogen-bond acceptors (Lipinski definition) is 2. The molecular formula is C19H23NO. The van der Waals surface area contributed by atoms with Gasteiger partial charge >= 0.3 is 0 Å². The molecule has 2 heteroatoms. The van der Waals surface area contributed by atoms with Crippen LogP contribution in [0.5, 0.6) is 0 Å². The molecule has 0 unspecified atom stereocenters. The fourth-order valence-electron chi connectivity index (χ4n) is 3.05. The molecule has 2 aromatic carbocycles. The molecule has 0 spiro atoms. The van der Waals surface area contributed by atoms with Crippen LogP contribution in [0.1, 0.15) is 49.5 Å². The van der Waals surface area contributed by atoms with Gasteiger partial charge in [0.05, 0.1) is 0 Å². The summed E-state index contributed by atoms with van der Waals surface area (Å²) in [5, 5.41) is 5.82. The largest absolute Gasteiger partial charge is 0.384 e. The Labute approximate surface area is 126 Å². The third kappa shape index (κ3) is 2.80. The summed E-state index contributed by atoms with van der Waals surface area (Å²) in [6.45, 7) is 7.62. The summed E-state index contributed by atoms with van der Waals surface area (Å²) in [7, 11) is 0. The number of hydrogen-bond donors (Lipinski definition) is 1. The number of Topliss-reactive ketones (excluding diaryl/α,β-unsaturated/α-hetero) is 1. The molecule has 0 saturated carbocycles. The van der Waals surface area contributed by atoms with Crippen LogP contribution in [-0.4, -0.2) is 12.3 Å². The van der Waals surface area contributed by atoms with E-state index in [2.05, 4.69) is 56.4 Å². The number of aryl methyl sites for hydroxylation is 1. The second-order valence-corrected chi connectivity index (χ2v) is 7.16. The van der Waals surface area contributed by atoms with E-state index in [0.717, 1.165) is 36.0 Å². The molecule has 3 rings (SSSR count). The molecule has 110 valence electrons. The summed E-state index contributed by atoms with van der Waals surface area (Å²) in [4.78, 5) is 12.4. The fraction of sp³-hybridized carbons (Fsp3) is 0.421. The molecule has 2 aromatic rings. The zero-order chi connectivity index (χ0) is 15.0. The highest BCUT2D eigenvalue weighted by Crippen LogP contribution is 2.34. The lowest BCUT2D eigenvalue weighted by Crippen LogP contribution is -2.16. The van der Waals surface area contributed by atoms with Gasteiger partial charge in [-0.15, -0.1) is 0 Å². The molecule has 2 nitrogen and oxygen atoms in total. The number of nitrogens with one attached hydrogen (secondary N) is 1. The predicted octanol–water partition coefficient (Wildman–Crippen LogP) is 4.82. The average Bonchev–Trinajstić information content (AvgIpc) is 2.42. The first-order valence-corrected chi connectivity index (χ1v) is 7.77. The lowest BCUT2D eigenvalue weighted by Gasteiger charge is -2.22. The Kier molecular flexibility index (Phi) is 3.48. The lowest BCUT2D eigenvalue weighted by molar-refractivity contribution is 0.0982. The predicted molar refractivity (Wildman–Crippen MR) is 89.2 cm³/mol. The Hall–Kier alpha value is -1.83. The van der Waals surface area contributed by atoms with Crippen molar-refractivity contribution in [3.63, 3.8) is 0 Å². The lowest BCUT2D eigenvalue weighted by atomic mass is 9.86. The minimum absolute atomic E-state index is 0.276. The Morgan fingerprint density at radius 2 is 1.90 bits per heavy atom. The molecule has 0 atom stereocenters. The van der Waals surface area contributed by atoms with Crippen molar-refractivity contribution in [2.45, 2.75) is 40.0 Å². The fourth-order valence-corrected chi connectivity index (χ4v) is 3.05. The molecule has 0 amide bonds. The zero-order valence-corrected chi connectivity index (χ0v) is 13.1. The number of rotatable bonds is 3. The molecule has 0 aromatic heterocycles. The van der Waals surface area contributed by atoms with Gasteiger partial charge in [-0.1, -0.05) is 45.0 Å². The molecule has 0 saturated heterocycles. The Bertz CT molecular complexity index is 695. The maximum atomic E-state index is 12.4. The summed E-state index contributed by atoms with van der Waals surface area (Å²) in [6, 6.07) is 10.5. The van der Waals surface area contributed by atoms with E-state index in [1.165, 1.54) is 10.9 Å². The first-order valence-electron chi connectivity index (χ1n) is 7.77. The second-order valence-electron chi connectivity index (χ2n) is 7.16.